The molecule has 0 radical (unpaired) electrons. The first-order chi connectivity index (χ1) is 28.2. The zero-order valence-corrected chi connectivity index (χ0v) is 32.1. The summed E-state index contributed by atoms with van der Waals surface area (Å²) in [5.41, 5.74) is 4.74. The topological polar surface area (TPSA) is 118 Å². The van der Waals surface area contributed by atoms with E-state index in [4.69, 9.17) is 18.9 Å². The van der Waals surface area contributed by atoms with Crippen molar-refractivity contribution >= 4 is 46.1 Å². The van der Waals surface area contributed by atoms with Gasteiger partial charge in [-0.15, -0.1) is 0 Å². The van der Waals surface area contributed by atoms with Gasteiger partial charge in [0.2, 0.25) is 0 Å². The first kappa shape index (κ1) is 39.6. The third-order valence-electron chi connectivity index (χ3n) is 8.91. The fourth-order valence-corrected chi connectivity index (χ4v) is 5.92. The number of aliphatic carboxylic acids is 2. The summed E-state index contributed by atoms with van der Waals surface area (Å²) in [6, 6.07) is 44.7. The normalized spacial score (nSPS) is 10.7. The minimum absolute atomic E-state index is 0.471. The Balaban J connectivity index is 1.28. The van der Waals surface area contributed by atoms with Gasteiger partial charge in [-0.05, 0) is 146 Å². The number of methoxy groups -OCH3 is 4. The van der Waals surface area contributed by atoms with Crippen molar-refractivity contribution in [3.8, 4) is 46.7 Å². The lowest BCUT2D eigenvalue weighted by molar-refractivity contribution is -0.135. The molecule has 0 amide bonds. The summed E-state index contributed by atoms with van der Waals surface area (Å²) in [4.78, 5) is 28.8. The SMILES string of the molecule is COc1ccc(N(c2ccc(C#C/C(C(=O)O)=C(/C#Cc3ccc(N(c4ccc(OC)cc4)c4ccc(OC)cc4)cc3)C(=O)O)cc2)c2ccc(OC)cc2)cc1. The molecule has 0 bridgehead atoms. The molecule has 0 fully saturated rings. The average molecular weight is 771 g/mol. The Kier molecular flexibility index (Phi) is 12.6. The number of hydrogen-bond acceptors (Lipinski definition) is 8. The van der Waals surface area contributed by atoms with Gasteiger partial charge in [-0.1, -0.05) is 23.7 Å². The van der Waals surface area contributed by atoms with Crippen LogP contribution < -0.4 is 28.7 Å². The number of carbonyl (C=O) groups is 2. The van der Waals surface area contributed by atoms with Crippen molar-refractivity contribution in [2.45, 2.75) is 0 Å². The summed E-state index contributed by atoms with van der Waals surface area (Å²) in [5, 5.41) is 20.1. The summed E-state index contributed by atoms with van der Waals surface area (Å²) in [5.74, 6) is 10.6. The number of ether oxygens (including phenoxy) is 4. The van der Waals surface area contributed by atoms with Gasteiger partial charge in [0.25, 0.3) is 0 Å². The van der Waals surface area contributed by atoms with Crippen molar-refractivity contribution in [3.63, 3.8) is 0 Å². The predicted molar refractivity (Wildman–Crippen MR) is 225 cm³/mol. The Morgan fingerprint density at radius 3 is 0.776 bits per heavy atom. The molecular weight excluding hydrogens is 733 g/mol. The summed E-state index contributed by atoms with van der Waals surface area (Å²) in [7, 11) is 6.43. The van der Waals surface area contributed by atoms with Crippen LogP contribution in [0.3, 0.4) is 0 Å². The maximum atomic E-state index is 12.4. The fraction of sp³-hybridized carbons (Fsp3) is 0.0833. The molecule has 0 aliphatic heterocycles. The molecule has 6 rings (SSSR count). The maximum absolute atomic E-state index is 12.4. The van der Waals surface area contributed by atoms with Crippen LogP contribution in [0.1, 0.15) is 11.1 Å². The van der Waals surface area contributed by atoms with Crippen LogP contribution in [0.5, 0.6) is 23.0 Å². The van der Waals surface area contributed by atoms with Gasteiger partial charge < -0.3 is 39.0 Å². The van der Waals surface area contributed by atoms with Crippen LogP contribution in [-0.2, 0) is 9.59 Å². The molecule has 0 saturated carbocycles. The number of rotatable bonds is 12. The minimum atomic E-state index is -1.51. The summed E-state index contributed by atoms with van der Waals surface area (Å²) >= 11 is 0. The lowest BCUT2D eigenvalue weighted by atomic mass is 10.1. The number of carboxylic acid groups (broad SMARTS) is 2. The van der Waals surface area contributed by atoms with Gasteiger partial charge in [0.05, 0.1) is 28.4 Å². The Morgan fingerprint density at radius 1 is 0.379 bits per heavy atom. The van der Waals surface area contributed by atoms with E-state index in [2.05, 4.69) is 23.7 Å². The largest absolute Gasteiger partial charge is 0.497 e. The van der Waals surface area contributed by atoms with Crippen molar-refractivity contribution in [2.24, 2.45) is 0 Å². The van der Waals surface area contributed by atoms with E-state index >= 15 is 0 Å². The molecule has 0 heterocycles. The summed E-state index contributed by atoms with van der Waals surface area (Å²) in [6.45, 7) is 0. The number of carboxylic acids is 2. The van der Waals surface area contributed by atoms with Gasteiger partial charge in [0, 0.05) is 45.3 Å². The van der Waals surface area contributed by atoms with E-state index in [0.29, 0.717) is 34.1 Å². The lowest BCUT2D eigenvalue weighted by Gasteiger charge is -2.25. The second kappa shape index (κ2) is 18.5. The molecule has 0 unspecified atom stereocenters. The van der Waals surface area contributed by atoms with Gasteiger partial charge in [-0.25, -0.2) is 9.59 Å². The first-order valence-corrected chi connectivity index (χ1v) is 17.8. The summed E-state index contributed by atoms with van der Waals surface area (Å²) in [6.07, 6.45) is 0. The number of benzene rings is 6. The standard InChI is InChI=1S/C48H38N2O8/c1-55-41-23-15-37(16-24-41)49(38-17-25-42(56-2)26-18-38)35-11-5-33(6-12-35)9-31-45(47(51)52)46(48(53)54)32-10-34-7-13-36(14-8-34)50(39-19-27-43(57-3)28-20-39)40-21-29-44(58-4)30-22-40/h5-8,11-30H,1-4H3,(H,51,52)(H,53,54)/b46-45+. The van der Waals surface area contributed by atoms with Crippen LogP contribution >= 0.6 is 0 Å². The minimum Gasteiger partial charge on any atom is -0.497 e. The molecular formula is C48H38N2O8. The zero-order chi connectivity index (χ0) is 41.0. The Bertz CT molecular complexity index is 2250. The molecule has 0 saturated heterocycles. The highest BCUT2D eigenvalue weighted by atomic mass is 16.5. The molecule has 288 valence electrons. The zero-order valence-electron chi connectivity index (χ0n) is 32.1. The molecule has 0 spiro atoms. The lowest BCUT2D eigenvalue weighted by Crippen LogP contribution is -2.10. The molecule has 0 aromatic heterocycles. The van der Waals surface area contributed by atoms with Crippen LogP contribution in [0, 0.1) is 23.7 Å². The van der Waals surface area contributed by atoms with Crippen molar-refractivity contribution in [1.29, 1.82) is 0 Å². The van der Waals surface area contributed by atoms with Gasteiger partial charge >= 0.3 is 11.9 Å². The molecule has 2 N–H and O–H groups in total. The van der Waals surface area contributed by atoms with E-state index in [-0.39, 0.29) is 0 Å². The van der Waals surface area contributed by atoms with Crippen LogP contribution in [0.4, 0.5) is 34.1 Å². The Labute approximate surface area is 336 Å². The highest BCUT2D eigenvalue weighted by Crippen LogP contribution is 2.37. The van der Waals surface area contributed by atoms with Crippen LogP contribution in [0.25, 0.3) is 0 Å². The van der Waals surface area contributed by atoms with Gasteiger partial charge in [-0.3, -0.25) is 0 Å². The molecule has 58 heavy (non-hydrogen) atoms. The third kappa shape index (κ3) is 9.40. The van der Waals surface area contributed by atoms with E-state index in [1.54, 1.807) is 52.7 Å². The Hall–Kier alpha value is -8.08. The predicted octanol–water partition coefficient (Wildman–Crippen LogP) is 9.53. The Morgan fingerprint density at radius 2 is 0.586 bits per heavy atom. The molecule has 0 aliphatic rings. The third-order valence-corrected chi connectivity index (χ3v) is 8.91. The van der Waals surface area contributed by atoms with E-state index in [9.17, 15) is 19.8 Å². The van der Waals surface area contributed by atoms with E-state index < -0.39 is 23.1 Å². The van der Waals surface area contributed by atoms with Crippen molar-refractivity contribution in [3.05, 3.63) is 168 Å². The first-order valence-electron chi connectivity index (χ1n) is 17.8. The van der Waals surface area contributed by atoms with E-state index in [1.807, 2.05) is 131 Å². The van der Waals surface area contributed by atoms with Crippen LogP contribution in [0.15, 0.2) is 157 Å². The molecule has 10 nitrogen and oxygen atoms in total. The number of anilines is 6. The van der Waals surface area contributed by atoms with Crippen molar-refractivity contribution in [2.75, 3.05) is 38.2 Å². The molecule has 6 aromatic carbocycles. The van der Waals surface area contributed by atoms with Gasteiger partial charge in [0.1, 0.15) is 34.1 Å². The van der Waals surface area contributed by atoms with E-state index in [0.717, 1.165) is 34.1 Å². The molecule has 0 aliphatic carbocycles. The highest BCUT2D eigenvalue weighted by Gasteiger charge is 2.18. The monoisotopic (exact) mass is 770 g/mol. The summed E-state index contributed by atoms with van der Waals surface area (Å²) < 4.78 is 21.4. The molecule has 0 atom stereocenters. The second-order valence-electron chi connectivity index (χ2n) is 12.4. The highest BCUT2D eigenvalue weighted by molar-refractivity contribution is 6.05. The van der Waals surface area contributed by atoms with Crippen LogP contribution in [0.2, 0.25) is 0 Å². The average Bonchev–Trinajstić information content (AvgIpc) is 3.26. The van der Waals surface area contributed by atoms with Crippen molar-refractivity contribution < 1.29 is 38.7 Å². The quantitative estimate of drug-likeness (QED) is 0.0921. The molecule has 10 heteroatoms. The van der Waals surface area contributed by atoms with Gasteiger partial charge in [-0.2, -0.15) is 0 Å². The molecule has 6 aromatic rings. The van der Waals surface area contributed by atoms with Gasteiger partial charge in [0.15, 0.2) is 0 Å². The second-order valence-corrected chi connectivity index (χ2v) is 12.4. The maximum Gasteiger partial charge on any atom is 0.345 e. The number of nitrogens with zero attached hydrogens (tertiary/aromatic N) is 2. The fourth-order valence-electron chi connectivity index (χ4n) is 5.92. The van der Waals surface area contributed by atoms with Crippen molar-refractivity contribution in [1.82, 2.24) is 0 Å². The van der Waals surface area contributed by atoms with E-state index in [1.165, 1.54) is 0 Å². The van der Waals surface area contributed by atoms with Crippen LogP contribution in [-0.4, -0.2) is 50.6 Å². The smallest absolute Gasteiger partial charge is 0.345 e. The number of hydrogen-bond donors (Lipinski definition) is 2.